The van der Waals surface area contributed by atoms with Crippen LogP contribution in [-0.4, -0.2) is 52.0 Å². The molecule has 0 radical (unpaired) electrons. The minimum Gasteiger partial charge on any atom is -0.483 e. The molecule has 8 nitrogen and oxygen atoms in total. The van der Waals surface area contributed by atoms with Crippen molar-refractivity contribution < 1.29 is 27.8 Å². The SMILES string of the molecule is Cc1nc(OCC(C)C)cc2c1OC(c1c(C)nc(NCC(F)(F)F)nc1N[C@H]1CC[C@@H](CO)C1)C2. The molecule has 3 heterocycles. The molecular formula is C25H34F3N5O3. The summed E-state index contributed by atoms with van der Waals surface area (Å²) >= 11 is 0. The van der Waals surface area contributed by atoms with E-state index in [9.17, 15) is 18.3 Å². The van der Waals surface area contributed by atoms with E-state index in [1.807, 2.05) is 13.0 Å². The smallest absolute Gasteiger partial charge is 0.405 e. The van der Waals surface area contributed by atoms with Gasteiger partial charge in [-0.3, -0.25) is 0 Å². The van der Waals surface area contributed by atoms with E-state index in [0.717, 1.165) is 24.8 Å². The van der Waals surface area contributed by atoms with Crippen molar-refractivity contribution in [3.63, 3.8) is 0 Å². The van der Waals surface area contributed by atoms with Crippen LogP contribution in [0.15, 0.2) is 6.07 Å². The molecule has 1 aliphatic carbocycles. The zero-order chi connectivity index (χ0) is 26.0. The van der Waals surface area contributed by atoms with E-state index in [1.165, 1.54) is 0 Å². The quantitative estimate of drug-likeness (QED) is 0.445. The van der Waals surface area contributed by atoms with Gasteiger partial charge in [0, 0.05) is 30.7 Å². The summed E-state index contributed by atoms with van der Waals surface area (Å²) in [5.74, 6) is 2.15. The maximum Gasteiger partial charge on any atom is 0.405 e. The Morgan fingerprint density at radius 1 is 1.17 bits per heavy atom. The summed E-state index contributed by atoms with van der Waals surface area (Å²) in [5.41, 5.74) is 2.91. The summed E-state index contributed by atoms with van der Waals surface area (Å²) in [7, 11) is 0. The summed E-state index contributed by atoms with van der Waals surface area (Å²) in [6.07, 6.45) is -1.80. The lowest BCUT2D eigenvalue weighted by Gasteiger charge is -2.22. The van der Waals surface area contributed by atoms with Crippen LogP contribution < -0.4 is 20.1 Å². The van der Waals surface area contributed by atoms with Crippen molar-refractivity contribution in [2.75, 3.05) is 30.4 Å². The summed E-state index contributed by atoms with van der Waals surface area (Å²) in [5, 5.41) is 15.2. The maximum atomic E-state index is 12.8. The van der Waals surface area contributed by atoms with Crippen LogP contribution in [0, 0.1) is 25.7 Å². The molecule has 0 amide bonds. The molecule has 3 N–H and O–H groups in total. The number of nitrogens with one attached hydrogen (secondary N) is 2. The molecule has 1 fully saturated rings. The molecule has 1 unspecified atom stereocenters. The number of hydrogen-bond acceptors (Lipinski definition) is 8. The molecule has 0 bridgehead atoms. The van der Waals surface area contributed by atoms with Crippen LogP contribution in [-0.2, 0) is 6.42 Å². The number of rotatable bonds is 9. The monoisotopic (exact) mass is 509 g/mol. The maximum absolute atomic E-state index is 12.8. The number of aliphatic hydroxyl groups is 1. The minimum absolute atomic E-state index is 0.0499. The van der Waals surface area contributed by atoms with Crippen molar-refractivity contribution in [1.29, 1.82) is 0 Å². The zero-order valence-electron chi connectivity index (χ0n) is 21.1. The number of pyridine rings is 1. The number of fused-ring (bicyclic) bond motifs is 1. The second kappa shape index (κ2) is 10.7. The molecule has 3 atom stereocenters. The third kappa shape index (κ3) is 6.29. The van der Waals surface area contributed by atoms with Gasteiger partial charge in [-0.1, -0.05) is 13.8 Å². The van der Waals surface area contributed by atoms with E-state index in [0.29, 0.717) is 53.3 Å². The first kappa shape index (κ1) is 26.2. The molecule has 4 rings (SSSR count). The van der Waals surface area contributed by atoms with Gasteiger partial charge in [0.25, 0.3) is 0 Å². The first-order valence-electron chi connectivity index (χ1n) is 12.4. The van der Waals surface area contributed by atoms with Gasteiger partial charge in [-0.15, -0.1) is 0 Å². The molecule has 0 aromatic carbocycles. The predicted octanol–water partition coefficient (Wildman–Crippen LogP) is 4.75. The number of aryl methyl sites for hydroxylation is 2. The Morgan fingerprint density at radius 3 is 2.61 bits per heavy atom. The standard InChI is InChI=1S/C25H34F3N5O3/c1-13(2)11-35-20-9-17-8-19(36-22(17)15(4)30-20)21-14(3)31-24(29-12-25(26,27)28)33-23(21)32-18-6-5-16(7-18)10-34/h9,13,16,18-19,34H,5-8,10-12H2,1-4H3,(H2,29,31,32,33)/t16-,18+,19?/m1/s1. The van der Waals surface area contributed by atoms with Gasteiger partial charge < -0.3 is 25.2 Å². The van der Waals surface area contributed by atoms with Crippen LogP contribution in [0.25, 0.3) is 0 Å². The van der Waals surface area contributed by atoms with Gasteiger partial charge in [-0.25, -0.2) is 9.97 Å². The molecule has 1 aliphatic heterocycles. The zero-order valence-corrected chi connectivity index (χ0v) is 21.1. The van der Waals surface area contributed by atoms with Crippen molar-refractivity contribution >= 4 is 11.8 Å². The second-order valence-electron chi connectivity index (χ2n) is 10.1. The lowest BCUT2D eigenvalue weighted by molar-refractivity contribution is -0.115. The van der Waals surface area contributed by atoms with Crippen molar-refractivity contribution in [3.8, 4) is 11.6 Å². The van der Waals surface area contributed by atoms with Gasteiger partial charge in [0.1, 0.15) is 24.2 Å². The van der Waals surface area contributed by atoms with Crippen LogP contribution in [0.4, 0.5) is 24.9 Å². The number of anilines is 2. The second-order valence-corrected chi connectivity index (χ2v) is 10.1. The number of hydrogen-bond donors (Lipinski definition) is 3. The van der Waals surface area contributed by atoms with Gasteiger partial charge >= 0.3 is 6.18 Å². The van der Waals surface area contributed by atoms with E-state index in [4.69, 9.17) is 9.47 Å². The number of halogens is 3. The molecule has 2 aromatic rings. The van der Waals surface area contributed by atoms with Gasteiger partial charge in [0.05, 0.1) is 23.6 Å². The highest BCUT2D eigenvalue weighted by Gasteiger charge is 2.34. The molecule has 2 aliphatic rings. The first-order chi connectivity index (χ1) is 17.0. The largest absolute Gasteiger partial charge is 0.483 e. The fourth-order valence-corrected chi connectivity index (χ4v) is 4.78. The summed E-state index contributed by atoms with van der Waals surface area (Å²) in [6.45, 7) is 7.19. The van der Waals surface area contributed by atoms with Crippen molar-refractivity contribution in [2.45, 2.75) is 71.7 Å². The van der Waals surface area contributed by atoms with Crippen molar-refractivity contribution in [1.82, 2.24) is 15.0 Å². The molecule has 2 aromatic heterocycles. The van der Waals surface area contributed by atoms with Crippen LogP contribution >= 0.6 is 0 Å². The van der Waals surface area contributed by atoms with Crippen LogP contribution in [0.1, 0.15) is 61.7 Å². The lowest BCUT2D eigenvalue weighted by Crippen LogP contribution is -2.25. The number of aliphatic hydroxyl groups excluding tert-OH is 1. The van der Waals surface area contributed by atoms with E-state index < -0.39 is 18.8 Å². The van der Waals surface area contributed by atoms with Gasteiger partial charge in [-0.2, -0.15) is 18.2 Å². The van der Waals surface area contributed by atoms with Crippen LogP contribution in [0.2, 0.25) is 0 Å². The topological polar surface area (TPSA) is 101 Å². The highest BCUT2D eigenvalue weighted by Crippen LogP contribution is 2.43. The average Bonchev–Trinajstić information content (AvgIpc) is 3.42. The Morgan fingerprint density at radius 2 is 1.94 bits per heavy atom. The fourth-order valence-electron chi connectivity index (χ4n) is 4.78. The van der Waals surface area contributed by atoms with Crippen molar-refractivity contribution in [3.05, 3.63) is 28.6 Å². The molecule has 36 heavy (non-hydrogen) atoms. The molecular weight excluding hydrogens is 475 g/mol. The summed E-state index contributed by atoms with van der Waals surface area (Å²) in [6, 6.07) is 1.93. The van der Waals surface area contributed by atoms with Gasteiger partial charge in [0.2, 0.25) is 11.8 Å². The molecule has 0 saturated heterocycles. The van der Waals surface area contributed by atoms with E-state index in [2.05, 4.69) is 39.4 Å². The third-order valence-electron chi connectivity index (χ3n) is 6.47. The lowest BCUT2D eigenvalue weighted by atomic mass is 10.0. The first-order valence-corrected chi connectivity index (χ1v) is 12.4. The Labute approximate surface area is 209 Å². The third-order valence-corrected chi connectivity index (χ3v) is 6.47. The Balaban J connectivity index is 1.61. The average molecular weight is 510 g/mol. The molecule has 198 valence electrons. The normalized spacial score (nSPS) is 21.4. The Bertz CT molecular complexity index is 1080. The Hall–Kier alpha value is -2.82. The van der Waals surface area contributed by atoms with E-state index in [1.54, 1.807) is 6.92 Å². The molecule has 0 spiro atoms. The molecule has 1 saturated carbocycles. The number of alkyl halides is 3. The summed E-state index contributed by atoms with van der Waals surface area (Å²) in [4.78, 5) is 13.3. The van der Waals surface area contributed by atoms with E-state index in [-0.39, 0.29) is 24.5 Å². The number of nitrogens with zero attached hydrogens (tertiary/aromatic N) is 3. The minimum atomic E-state index is -4.39. The van der Waals surface area contributed by atoms with Crippen LogP contribution in [0.5, 0.6) is 11.6 Å². The molecule has 11 heteroatoms. The van der Waals surface area contributed by atoms with E-state index >= 15 is 0 Å². The predicted molar refractivity (Wildman–Crippen MR) is 130 cm³/mol. The fraction of sp³-hybridized carbons (Fsp3) is 0.640. The van der Waals surface area contributed by atoms with Crippen LogP contribution in [0.3, 0.4) is 0 Å². The van der Waals surface area contributed by atoms with Gasteiger partial charge in [0.15, 0.2) is 0 Å². The highest BCUT2D eigenvalue weighted by atomic mass is 19.4. The van der Waals surface area contributed by atoms with Gasteiger partial charge in [-0.05, 0) is 44.9 Å². The summed E-state index contributed by atoms with van der Waals surface area (Å²) < 4.78 is 50.5. The highest BCUT2D eigenvalue weighted by molar-refractivity contribution is 5.55. The number of aromatic nitrogens is 3. The van der Waals surface area contributed by atoms with Crippen molar-refractivity contribution in [2.24, 2.45) is 11.8 Å². The Kier molecular flexibility index (Phi) is 7.77. The number of ether oxygens (including phenoxy) is 2.